The van der Waals surface area contributed by atoms with Crippen molar-refractivity contribution in [2.24, 2.45) is 0 Å². The zero-order valence-electron chi connectivity index (χ0n) is 9.10. The Morgan fingerprint density at radius 2 is 1.75 bits per heavy atom. The molecule has 82 valence electrons. The molecule has 0 saturated heterocycles. The van der Waals surface area contributed by atoms with Crippen molar-refractivity contribution in [3.8, 4) is 5.75 Å². The lowest BCUT2D eigenvalue weighted by atomic mass is 10.2. The molecule has 0 heterocycles. The van der Waals surface area contributed by atoms with Gasteiger partial charge in [0.15, 0.2) is 0 Å². The van der Waals surface area contributed by atoms with Gasteiger partial charge < -0.3 is 15.8 Å². The minimum absolute atomic E-state index is 0.749. The first kappa shape index (κ1) is 10.4. The number of nitrogen functional groups attached to an aromatic ring is 1. The fraction of sp³-hybridized carbons (Fsp3) is 0.0769. The number of ether oxygens (including phenoxy) is 1. The highest BCUT2D eigenvalue weighted by atomic mass is 16.5. The highest BCUT2D eigenvalue weighted by Crippen LogP contribution is 2.20. The molecule has 16 heavy (non-hydrogen) atoms. The van der Waals surface area contributed by atoms with Crippen molar-refractivity contribution in [3.63, 3.8) is 0 Å². The summed E-state index contributed by atoms with van der Waals surface area (Å²) in [5, 5.41) is 3.26. The molecule has 0 saturated carbocycles. The van der Waals surface area contributed by atoms with Gasteiger partial charge in [-0.3, -0.25) is 0 Å². The highest BCUT2D eigenvalue weighted by Gasteiger charge is 1.95. The molecule has 2 rings (SSSR count). The van der Waals surface area contributed by atoms with E-state index >= 15 is 0 Å². The van der Waals surface area contributed by atoms with Crippen molar-refractivity contribution >= 4 is 17.1 Å². The Morgan fingerprint density at radius 3 is 2.38 bits per heavy atom. The Kier molecular flexibility index (Phi) is 2.96. The van der Waals surface area contributed by atoms with Crippen LogP contribution in [0.1, 0.15) is 0 Å². The summed E-state index contributed by atoms with van der Waals surface area (Å²) < 4.78 is 5.09. The zero-order chi connectivity index (χ0) is 11.4. The topological polar surface area (TPSA) is 47.3 Å². The third-order valence-electron chi connectivity index (χ3n) is 2.27. The Hall–Kier alpha value is -2.16. The second-order valence-corrected chi connectivity index (χ2v) is 3.48. The standard InChI is InChI=1S/C13H14N2O/c1-16-13-7-5-11(6-8-13)15-12-4-2-3-10(14)9-12/h2-9,15H,14H2,1H3. The lowest BCUT2D eigenvalue weighted by Gasteiger charge is -2.07. The van der Waals surface area contributed by atoms with Crippen molar-refractivity contribution in [2.75, 3.05) is 18.2 Å². The molecule has 0 unspecified atom stereocenters. The summed E-state index contributed by atoms with van der Waals surface area (Å²) in [6, 6.07) is 15.4. The molecule has 0 spiro atoms. The Morgan fingerprint density at radius 1 is 1.00 bits per heavy atom. The maximum absolute atomic E-state index is 5.70. The van der Waals surface area contributed by atoms with E-state index in [1.165, 1.54) is 0 Å². The number of hydrogen-bond donors (Lipinski definition) is 2. The van der Waals surface area contributed by atoms with E-state index in [9.17, 15) is 0 Å². The summed E-state index contributed by atoms with van der Waals surface area (Å²) in [5.74, 6) is 0.845. The van der Waals surface area contributed by atoms with Crippen LogP contribution in [0.25, 0.3) is 0 Å². The monoisotopic (exact) mass is 214 g/mol. The molecular weight excluding hydrogens is 200 g/mol. The number of nitrogens with two attached hydrogens (primary N) is 1. The number of benzene rings is 2. The zero-order valence-corrected chi connectivity index (χ0v) is 9.10. The second kappa shape index (κ2) is 4.57. The van der Waals surface area contributed by atoms with Crippen molar-refractivity contribution in [1.29, 1.82) is 0 Å². The van der Waals surface area contributed by atoms with Crippen LogP contribution in [0.15, 0.2) is 48.5 Å². The van der Waals surface area contributed by atoms with Crippen molar-refractivity contribution in [2.45, 2.75) is 0 Å². The summed E-state index contributed by atoms with van der Waals surface area (Å²) >= 11 is 0. The molecule has 0 amide bonds. The summed E-state index contributed by atoms with van der Waals surface area (Å²) in [4.78, 5) is 0. The summed E-state index contributed by atoms with van der Waals surface area (Å²) in [6.45, 7) is 0. The fourth-order valence-electron chi connectivity index (χ4n) is 1.46. The molecule has 2 aromatic rings. The molecule has 3 N–H and O–H groups in total. The first-order chi connectivity index (χ1) is 7.78. The number of anilines is 3. The van der Waals surface area contributed by atoms with E-state index in [1.807, 2.05) is 48.5 Å². The van der Waals surface area contributed by atoms with Crippen LogP contribution in [0.5, 0.6) is 5.75 Å². The maximum Gasteiger partial charge on any atom is 0.119 e. The van der Waals surface area contributed by atoms with Gasteiger partial charge in [0.2, 0.25) is 0 Å². The van der Waals surface area contributed by atoms with E-state index < -0.39 is 0 Å². The van der Waals surface area contributed by atoms with Crippen LogP contribution in [-0.4, -0.2) is 7.11 Å². The second-order valence-electron chi connectivity index (χ2n) is 3.48. The molecule has 0 radical (unpaired) electrons. The van der Waals surface area contributed by atoms with Gasteiger partial charge in [0.25, 0.3) is 0 Å². The summed E-state index contributed by atoms with van der Waals surface area (Å²) in [5.41, 5.74) is 8.43. The molecule has 0 atom stereocenters. The summed E-state index contributed by atoms with van der Waals surface area (Å²) in [7, 11) is 1.65. The smallest absolute Gasteiger partial charge is 0.119 e. The highest BCUT2D eigenvalue weighted by molar-refractivity contribution is 5.63. The van der Waals surface area contributed by atoms with Crippen LogP contribution in [-0.2, 0) is 0 Å². The van der Waals surface area contributed by atoms with Gasteiger partial charge in [-0.05, 0) is 42.5 Å². The predicted molar refractivity (Wildman–Crippen MR) is 67.1 cm³/mol. The molecule has 0 aromatic heterocycles. The number of hydrogen-bond acceptors (Lipinski definition) is 3. The quantitative estimate of drug-likeness (QED) is 0.772. The van der Waals surface area contributed by atoms with Crippen LogP contribution in [0.4, 0.5) is 17.1 Å². The molecule has 0 aliphatic carbocycles. The number of nitrogens with one attached hydrogen (secondary N) is 1. The lowest BCUT2D eigenvalue weighted by Crippen LogP contribution is -1.92. The van der Waals surface area contributed by atoms with Crippen molar-refractivity contribution < 1.29 is 4.74 Å². The summed E-state index contributed by atoms with van der Waals surface area (Å²) in [6.07, 6.45) is 0. The average molecular weight is 214 g/mol. The van der Waals surface area contributed by atoms with Crippen LogP contribution in [0.2, 0.25) is 0 Å². The minimum Gasteiger partial charge on any atom is -0.497 e. The minimum atomic E-state index is 0.749. The van der Waals surface area contributed by atoms with Gasteiger partial charge in [-0.15, -0.1) is 0 Å². The van der Waals surface area contributed by atoms with E-state index in [0.29, 0.717) is 0 Å². The van der Waals surface area contributed by atoms with Crippen LogP contribution in [0, 0.1) is 0 Å². The van der Waals surface area contributed by atoms with E-state index in [0.717, 1.165) is 22.8 Å². The molecule has 2 aromatic carbocycles. The van der Waals surface area contributed by atoms with Crippen molar-refractivity contribution in [3.05, 3.63) is 48.5 Å². The largest absolute Gasteiger partial charge is 0.497 e. The Bertz CT molecular complexity index is 466. The third kappa shape index (κ3) is 2.45. The number of methoxy groups -OCH3 is 1. The Balaban J connectivity index is 2.14. The van der Waals surface area contributed by atoms with Crippen LogP contribution in [0.3, 0.4) is 0 Å². The lowest BCUT2D eigenvalue weighted by molar-refractivity contribution is 0.415. The first-order valence-corrected chi connectivity index (χ1v) is 5.04. The van der Waals surface area contributed by atoms with Gasteiger partial charge in [-0.2, -0.15) is 0 Å². The van der Waals surface area contributed by atoms with Gasteiger partial charge in [-0.25, -0.2) is 0 Å². The van der Waals surface area contributed by atoms with Crippen molar-refractivity contribution in [1.82, 2.24) is 0 Å². The molecule has 3 nitrogen and oxygen atoms in total. The SMILES string of the molecule is COc1ccc(Nc2cccc(N)c2)cc1. The van der Waals surface area contributed by atoms with Gasteiger partial charge in [0.1, 0.15) is 5.75 Å². The molecule has 0 aliphatic heterocycles. The fourth-order valence-corrected chi connectivity index (χ4v) is 1.46. The molecular formula is C13H14N2O. The normalized spacial score (nSPS) is 9.81. The van der Waals surface area contributed by atoms with E-state index in [-0.39, 0.29) is 0 Å². The first-order valence-electron chi connectivity index (χ1n) is 5.04. The van der Waals surface area contributed by atoms with Gasteiger partial charge in [0.05, 0.1) is 7.11 Å². The molecule has 0 fully saturated rings. The van der Waals surface area contributed by atoms with E-state index in [1.54, 1.807) is 7.11 Å². The van der Waals surface area contributed by atoms with E-state index in [2.05, 4.69) is 5.32 Å². The third-order valence-corrected chi connectivity index (χ3v) is 2.27. The predicted octanol–water partition coefficient (Wildman–Crippen LogP) is 3.02. The van der Waals surface area contributed by atoms with Gasteiger partial charge >= 0.3 is 0 Å². The Labute approximate surface area is 94.9 Å². The van der Waals surface area contributed by atoms with Crippen LogP contribution >= 0.6 is 0 Å². The molecule has 0 bridgehead atoms. The number of rotatable bonds is 3. The van der Waals surface area contributed by atoms with E-state index in [4.69, 9.17) is 10.5 Å². The maximum atomic E-state index is 5.70. The van der Waals surface area contributed by atoms with Gasteiger partial charge in [0, 0.05) is 17.1 Å². The molecule has 0 aliphatic rings. The average Bonchev–Trinajstić information content (AvgIpc) is 2.30. The van der Waals surface area contributed by atoms with Gasteiger partial charge in [-0.1, -0.05) is 6.07 Å². The molecule has 3 heteroatoms. The van der Waals surface area contributed by atoms with Crippen LogP contribution < -0.4 is 15.8 Å².